The molecule has 0 atom stereocenters. The topological polar surface area (TPSA) is 38.3 Å². The number of carbonyl (C=O) groups is 1. The summed E-state index contributed by atoms with van der Waals surface area (Å²) < 4.78 is 6.60. The molecule has 0 amide bonds. The molecule has 0 unspecified atom stereocenters. The largest absolute Gasteiger partial charge is 0.462 e. The number of rotatable bonds is 5. The van der Waals surface area contributed by atoms with Gasteiger partial charge in [-0.3, -0.25) is 0 Å². The number of carbonyl (C=O) groups excluding carboxylic acids is 1. The van der Waals surface area contributed by atoms with E-state index in [1.54, 1.807) is 19.1 Å². The van der Waals surface area contributed by atoms with Gasteiger partial charge in [0, 0.05) is 21.6 Å². The van der Waals surface area contributed by atoms with Gasteiger partial charge in [0.15, 0.2) is 0 Å². The van der Waals surface area contributed by atoms with E-state index in [1.807, 2.05) is 18.2 Å². The van der Waals surface area contributed by atoms with E-state index in [4.69, 9.17) is 16.3 Å². The number of esters is 1. The van der Waals surface area contributed by atoms with Crippen LogP contribution in [0, 0.1) is 0 Å². The number of nitrogens with one attached hydrogen (secondary N) is 1. The van der Waals surface area contributed by atoms with E-state index in [0.717, 1.165) is 19.4 Å². The molecule has 2 aromatic rings. The van der Waals surface area contributed by atoms with E-state index in [2.05, 4.69) is 21.2 Å². The molecule has 0 saturated carbocycles. The van der Waals surface area contributed by atoms with Crippen LogP contribution in [0.3, 0.4) is 0 Å². The van der Waals surface area contributed by atoms with Gasteiger partial charge in [-0.15, -0.1) is 11.3 Å². The van der Waals surface area contributed by atoms with Crippen molar-refractivity contribution in [3.63, 3.8) is 0 Å². The number of ether oxygens (including phenoxy) is 1. The minimum absolute atomic E-state index is 0.298. The van der Waals surface area contributed by atoms with Crippen molar-refractivity contribution < 1.29 is 9.53 Å². The van der Waals surface area contributed by atoms with Crippen molar-refractivity contribution in [3.05, 3.63) is 49.6 Å². The highest BCUT2D eigenvalue weighted by atomic mass is 79.9. The Morgan fingerprint density at radius 3 is 2.65 bits per heavy atom. The van der Waals surface area contributed by atoms with Crippen molar-refractivity contribution >= 4 is 50.5 Å². The van der Waals surface area contributed by atoms with Crippen molar-refractivity contribution in [3.8, 4) is 0 Å². The zero-order valence-corrected chi connectivity index (χ0v) is 13.9. The second-order valence-corrected chi connectivity index (χ2v) is 6.58. The summed E-state index contributed by atoms with van der Waals surface area (Å²) in [6, 6.07) is 9.20. The highest BCUT2D eigenvalue weighted by Crippen LogP contribution is 2.32. The summed E-state index contributed by atoms with van der Waals surface area (Å²) in [5.41, 5.74) is 1.50. The quantitative estimate of drug-likeness (QED) is 0.752. The fourth-order valence-corrected chi connectivity index (χ4v) is 3.34. The molecule has 3 nitrogen and oxygen atoms in total. The van der Waals surface area contributed by atoms with Crippen LogP contribution < -0.4 is 5.32 Å². The predicted molar refractivity (Wildman–Crippen MR) is 86.8 cm³/mol. The van der Waals surface area contributed by atoms with Gasteiger partial charge in [0.2, 0.25) is 0 Å². The lowest BCUT2D eigenvalue weighted by atomic mass is 10.2. The molecule has 0 saturated heterocycles. The Morgan fingerprint density at radius 2 is 2.10 bits per heavy atom. The smallest absolute Gasteiger partial charge is 0.338 e. The SMILES string of the molecule is CCOC(=O)c1ccc(NCc2cc(Br)c(Cl)s2)cc1. The molecule has 0 spiro atoms. The van der Waals surface area contributed by atoms with Gasteiger partial charge in [0.25, 0.3) is 0 Å². The van der Waals surface area contributed by atoms with E-state index in [9.17, 15) is 4.79 Å². The van der Waals surface area contributed by atoms with Gasteiger partial charge in [0.1, 0.15) is 4.34 Å². The number of benzene rings is 1. The molecule has 106 valence electrons. The van der Waals surface area contributed by atoms with Crippen LogP contribution in [0.25, 0.3) is 0 Å². The number of halogens is 2. The van der Waals surface area contributed by atoms with Crippen molar-refractivity contribution in [2.24, 2.45) is 0 Å². The van der Waals surface area contributed by atoms with E-state index < -0.39 is 0 Å². The van der Waals surface area contributed by atoms with Crippen LogP contribution in [-0.4, -0.2) is 12.6 Å². The average Bonchev–Trinajstić information content (AvgIpc) is 2.76. The monoisotopic (exact) mass is 373 g/mol. The first-order valence-corrected chi connectivity index (χ1v) is 8.03. The Labute approximate surface area is 135 Å². The third-order valence-electron chi connectivity index (χ3n) is 2.56. The van der Waals surface area contributed by atoms with Crippen molar-refractivity contribution in [1.82, 2.24) is 0 Å². The molecule has 0 bridgehead atoms. The fourth-order valence-electron chi connectivity index (χ4n) is 1.61. The summed E-state index contributed by atoms with van der Waals surface area (Å²) in [5, 5.41) is 3.28. The molecule has 0 radical (unpaired) electrons. The summed E-state index contributed by atoms with van der Waals surface area (Å²) >= 11 is 10.9. The molecular weight excluding hydrogens is 362 g/mol. The van der Waals surface area contributed by atoms with E-state index >= 15 is 0 Å². The van der Waals surface area contributed by atoms with Crippen molar-refractivity contribution in [2.45, 2.75) is 13.5 Å². The van der Waals surface area contributed by atoms with E-state index in [1.165, 1.54) is 11.3 Å². The Balaban J connectivity index is 1.95. The van der Waals surface area contributed by atoms with Gasteiger partial charge >= 0.3 is 5.97 Å². The second kappa shape index (κ2) is 7.11. The summed E-state index contributed by atoms with van der Waals surface area (Å²) in [6.45, 7) is 2.86. The molecular formula is C14H13BrClNO2S. The molecule has 0 fully saturated rings. The van der Waals surface area contributed by atoms with Crippen LogP contribution in [0.5, 0.6) is 0 Å². The Kier molecular flexibility index (Phi) is 5.46. The summed E-state index contributed by atoms with van der Waals surface area (Å²) in [4.78, 5) is 12.7. The molecule has 1 heterocycles. The third kappa shape index (κ3) is 3.98. The van der Waals surface area contributed by atoms with Gasteiger partial charge < -0.3 is 10.1 Å². The van der Waals surface area contributed by atoms with Crippen molar-refractivity contribution in [1.29, 1.82) is 0 Å². The minimum Gasteiger partial charge on any atom is -0.462 e. The first-order valence-electron chi connectivity index (χ1n) is 6.05. The lowest BCUT2D eigenvalue weighted by molar-refractivity contribution is 0.0526. The lowest BCUT2D eigenvalue weighted by Crippen LogP contribution is -2.04. The number of hydrogen-bond donors (Lipinski definition) is 1. The second-order valence-electron chi connectivity index (χ2n) is 3.99. The maximum Gasteiger partial charge on any atom is 0.338 e. The van der Waals surface area contributed by atoms with E-state index in [-0.39, 0.29) is 5.97 Å². The van der Waals surface area contributed by atoms with Crippen LogP contribution in [0.15, 0.2) is 34.8 Å². The maximum absolute atomic E-state index is 11.5. The van der Waals surface area contributed by atoms with Crippen LogP contribution in [0.2, 0.25) is 4.34 Å². The summed E-state index contributed by atoms with van der Waals surface area (Å²) in [7, 11) is 0. The van der Waals surface area contributed by atoms with Gasteiger partial charge in [-0.1, -0.05) is 11.6 Å². The van der Waals surface area contributed by atoms with Crippen LogP contribution >= 0.6 is 38.9 Å². The van der Waals surface area contributed by atoms with Gasteiger partial charge in [-0.25, -0.2) is 4.79 Å². The number of thiophene rings is 1. The van der Waals surface area contributed by atoms with Gasteiger partial charge in [0.05, 0.1) is 12.2 Å². The molecule has 1 aromatic carbocycles. The Bertz CT molecular complexity index is 578. The molecule has 0 aliphatic carbocycles. The maximum atomic E-state index is 11.5. The molecule has 6 heteroatoms. The highest BCUT2D eigenvalue weighted by molar-refractivity contribution is 9.10. The first-order chi connectivity index (χ1) is 9.60. The summed E-state index contributed by atoms with van der Waals surface area (Å²) in [5.74, 6) is -0.298. The minimum atomic E-state index is -0.298. The van der Waals surface area contributed by atoms with Gasteiger partial charge in [-0.05, 0) is 53.2 Å². The summed E-state index contributed by atoms with van der Waals surface area (Å²) in [6.07, 6.45) is 0. The molecule has 0 aliphatic rings. The van der Waals surface area contributed by atoms with E-state index in [0.29, 0.717) is 18.7 Å². The van der Waals surface area contributed by atoms with Crippen LogP contribution in [-0.2, 0) is 11.3 Å². The number of anilines is 1. The zero-order valence-electron chi connectivity index (χ0n) is 10.8. The van der Waals surface area contributed by atoms with Crippen LogP contribution in [0.1, 0.15) is 22.2 Å². The Morgan fingerprint density at radius 1 is 1.40 bits per heavy atom. The highest BCUT2D eigenvalue weighted by Gasteiger charge is 2.06. The molecule has 0 aliphatic heterocycles. The molecule has 1 N–H and O–H groups in total. The Hall–Kier alpha value is -1.04. The fraction of sp³-hybridized carbons (Fsp3) is 0.214. The first kappa shape index (κ1) is 15.4. The number of hydrogen-bond acceptors (Lipinski definition) is 4. The third-order valence-corrected chi connectivity index (χ3v) is 5.03. The zero-order chi connectivity index (χ0) is 14.5. The molecule has 2 rings (SSSR count). The van der Waals surface area contributed by atoms with Crippen molar-refractivity contribution in [2.75, 3.05) is 11.9 Å². The molecule has 20 heavy (non-hydrogen) atoms. The predicted octanol–water partition coefficient (Wildman–Crippen LogP) is 4.95. The average molecular weight is 375 g/mol. The lowest BCUT2D eigenvalue weighted by Gasteiger charge is -2.06. The molecule has 1 aromatic heterocycles. The van der Waals surface area contributed by atoms with Gasteiger partial charge in [-0.2, -0.15) is 0 Å². The standard InChI is InChI=1S/C14H13BrClNO2S/c1-2-19-14(18)9-3-5-10(6-4-9)17-8-11-7-12(15)13(16)20-11/h3-7,17H,2,8H2,1H3. The normalized spacial score (nSPS) is 10.3. The van der Waals surface area contributed by atoms with Crippen LogP contribution in [0.4, 0.5) is 5.69 Å².